The molecule has 5 heteroatoms. The van der Waals surface area contributed by atoms with E-state index >= 15 is 0 Å². The highest BCUT2D eigenvalue weighted by atomic mass is 16.4. The number of nitrogen functional groups attached to an aromatic ring is 1. The van der Waals surface area contributed by atoms with Crippen LogP contribution in [0.15, 0.2) is 30.9 Å². The van der Waals surface area contributed by atoms with Gasteiger partial charge >= 0.3 is 5.97 Å². The Morgan fingerprint density at radius 2 is 2.06 bits per heavy atom. The van der Waals surface area contributed by atoms with Gasteiger partial charge in [-0.2, -0.15) is 0 Å². The molecule has 0 saturated heterocycles. The molecule has 0 heterocycles. The molecule has 84 valence electrons. The normalized spacial score (nSPS) is 9.50. The Morgan fingerprint density at radius 1 is 1.44 bits per heavy atom. The highest BCUT2D eigenvalue weighted by Gasteiger charge is 2.15. The Hall–Kier alpha value is -2.30. The lowest BCUT2D eigenvalue weighted by molar-refractivity contribution is 0.0698. The number of hydrogen-bond acceptors (Lipinski definition) is 3. The summed E-state index contributed by atoms with van der Waals surface area (Å²) < 4.78 is 0. The van der Waals surface area contributed by atoms with Gasteiger partial charge in [0.15, 0.2) is 0 Å². The maximum absolute atomic E-state index is 11.6. The highest BCUT2D eigenvalue weighted by Crippen LogP contribution is 2.17. The van der Waals surface area contributed by atoms with Crippen molar-refractivity contribution in [3.05, 3.63) is 42.0 Å². The van der Waals surface area contributed by atoms with Crippen LogP contribution in [0.4, 0.5) is 5.69 Å². The van der Waals surface area contributed by atoms with Crippen molar-refractivity contribution < 1.29 is 14.7 Å². The second kappa shape index (κ2) is 4.97. The number of aromatic carboxylic acids is 1. The number of nitrogens with two attached hydrogens (primary N) is 1. The molecule has 0 atom stereocenters. The van der Waals surface area contributed by atoms with E-state index in [9.17, 15) is 9.59 Å². The fraction of sp³-hybridized carbons (Fsp3) is 0.0909. The molecule has 4 N–H and O–H groups in total. The van der Waals surface area contributed by atoms with Crippen molar-refractivity contribution in [1.29, 1.82) is 0 Å². The van der Waals surface area contributed by atoms with Gasteiger partial charge in [-0.05, 0) is 12.1 Å². The molecule has 0 bridgehead atoms. The van der Waals surface area contributed by atoms with Gasteiger partial charge in [0.25, 0.3) is 5.91 Å². The first kappa shape index (κ1) is 11.8. The predicted octanol–water partition coefficient (Wildman–Crippen LogP) is 0.883. The maximum atomic E-state index is 11.6. The lowest BCUT2D eigenvalue weighted by atomic mass is 10.1. The zero-order chi connectivity index (χ0) is 12.1. The van der Waals surface area contributed by atoms with Gasteiger partial charge in [-0.3, -0.25) is 4.79 Å². The third-order valence-corrected chi connectivity index (χ3v) is 1.99. The number of carboxylic acid groups (broad SMARTS) is 1. The Balaban J connectivity index is 3.05. The summed E-state index contributed by atoms with van der Waals surface area (Å²) in [5, 5.41) is 11.3. The molecule has 0 aliphatic carbocycles. The molecule has 1 aromatic rings. The van der Waals surface area contributed by atoms with Crippen LogP contribution in [-0.2, 0) is 0 Å². The third-order valence-electron chi connectivity index (χ3n) is 1.99. The van der Waals surface area contributed by atoms with E-state index in [1.807, 2.05) is 0 Å². The molecule has 0 aliphatic heterocycles. The quantitative estimate of drug-likeness (QED) is 0.518. The second-order valence-corrected chi connectivity index (χ2v) is 3.07. The van der Waals surface area contributed by atoms with Crippen LogP contribution in [0.1, 0.15) is 20.7 Å². The van der Waals surface area contributed by atoms with E-state index in [2.05, 4.69) is 11.9 Å². The van der Waals surface area contributed by atoms with Gasteiger partial charge in [0, 0.05) is 6.54 Å². The molecule has 0 unspecified atom stereocenters. The number of carboxylic acids is 1. The summed E-state index contributed by atoms with van der Waals surface area (Å²) in [6.45, 7) is 3.76. The summed E-state index contributed by atoms with van der Waals surface area (Å²) in [4.78, 5) is 22.4. The lowest BCUT2D eigenvalue weighted by Gasteiger charge is -2.07. The summed E-state index contributed by atoms with van der Waals surface area (Å²) in [6.07, 6.45) is 1.52. The molecule has 0 aliphatic rings. The van der Waals surface area contributed by atoms with E-state index in [0.717, 1.165) is 0 Å². The fourth-order valence-electron chi connectivity index (χ4n) is 1.21. The molecule has 1 rings (SSSR count). The number of hydrogen-bond donors (Lipinski definition) is 3. The second-order valence-electron chi connectivity index (χ2n) is 3.07. The van der Waals surface area contributed by atoms with Crippen molar-refractivity contribution in [2.75, 3.05) is 12.3 Å². The molecule has 0 spiro atoms. The average molecular weight is 220 g/mol. The van der Waals surface area contributed by atoms with Crippen LogP contribution in [0, 0.1) is 0 Å². The topological polar surface area (TPSA) is 92.4 Å². The summed E-state index contributed by atoms with van der Waals surface area (Å²) in [5.74, 6) is -1.57. The fourth-order valence-corrected chi connectivity index (χ4v) is 1.21. The van der Waals surface area contributed by atoms with Crippen molar-refractivity contribution in [1.82, 2.24) is 5.32 Å². The van der Waals surface area contributed by atoms with E-state index in [1.54, 1.807) is 0 Å². The summed E-state index contributed by atoms with van der Waals surface area (Å²) in [7, 11) is 0. The first-order chi connectivity index (χ1) is 7.57. The van der Waals surface area contributed by atoms with Gasteiger partial charge in [-0.25, -0.2) is 4.79 Å². The largest absolute Gasteiger partial charge is 0.478 e. The van der Waals surface area contributed by atoms with Crippen molar-refractivity contribution in [3.63, 3.8) is 0 Å². The molecular weight excluding hydrogens is 208 g/mol. The first-order valence-electron chi connectivity index (χ1n) is 4.58. The van der Waals surface area contributed by atoms with E-state index in [-0.39, 0.29) is 16.8 Å². The number of anilines is 1. The number of carbonyl (C=O) groups is 2. The van der Waals surface area contributed by atoms with Gasteiger partial charge in [0.2, 0.25) is 0 Å². The van der Waals surface area contributed by atoms with Crippen LogP contribution in [0.2, 0.25) is 0 Å². The molecule has 0 fully saturated rings. The van der Waals surface area contributed by atoms with Crippen molar-refractivity contribution >= 4 is 17.6 Å². The van der Waals surface area contributed by atoms with E-state index in [0.29, 0.717) is 6.54 Å². The molecule has 5 nitrogen and oxygen atoms in total. The molecule has 1 aromatic carbocycles. The van der Waals surface area contributed by atoms with E-state index in [1.165, 1.54) is 24.3 Å². The molecule has 0 radical (unpaired) electrons. The minimum absolute atomic E-state index is 0.0310. The smallest absolute Gasteiger partial charge is 0.337 e. The SMILES string of the molecule is C=CCNC(=O)c1cccc(C(=O)O)c1N. The summed E-state index contributed by atoms with van der Waals surface area (Å²) in [5.41, 5.74) is 5.64. The van der Waals surface area contributed by atoms with Crippen LogP contribution in [0.3, 0.4) is 0 Å². The van der Waals surface area contributed by atoms with Gasteiger partial charge in [-0.15, -0.1) is 6.58 Å². The average Bonchev–Trinajstić information content (AvgIpc) is 2.25. The van der Waals surface area contributed by atoms with Crippen molar-refractivity contribution in [2.45, 2.75) is 0 Å². The van der Waals surface area contributed by atoms with E-state index < -0.39 is 11.9 Å². The van der Waals surface area contributed by atoms with E-state index in [4.69, 9.17) is 10.8 Å². The predicted molar refractivity (Wildman–Crippen MR) is 60.3 cm³/mol. The molecule has 0 saturated carbocycles. The zero-order valence-corrected chi connectivity index (χ0v) is 8.56. The number of amides is 1. The Kier molecular flexibility index (Phi) is 3.66. The van der Waals surface area contributed by atoms with Crippen LogP contribution in [0.5, 0.6) is 0 Å². The monoisotopic (exact) mass is 220 g/mol. The van der Waals surface area contributed by atoms with Gasteiger partial charge in [-0.1, -0.05) is 12.1 Å². The Bertz CT molecular complexity index is 441. The zero-order valence-electron chi connectivity index (χ0n) is 8.56. The number of carbonyl (C=O) groups excluding carboxylic acids is 1. The van der Waals surface area contributed by atoms with Gasteiger partial charge in [0.05, 0.1) is 16.8 Å². The van der Waals surface area contributed by atoms with Gasteiger partial charge < -0.3 is 16.2 Å². The number of para-hydroxylation sites is 1. The van der Waals surface area contributed by atoms with Crippen LogP contribution >= 0.6 is 0 Å². The number of rotatable bonds is 4. The molecule has 1 amide bonds. The standard InChI is InChI=1S/C11H12N2O3/c1-2-6-13-10(14)7-4-3-5-8(9(7)12)11(15)16/h2-5H,1,6,12H2,(H,13,14)(H,15,16). The van der Waals surface area contributed by atoms with Gasteiger partial charge in [0.1, 0.15) is 0 Å². The van der Waals surface area contributed by atoms with Crippen LogP contribution < -0.4 is 11.1 Å². The minimum Gasteiger partial charge on any atom is -0.478 e. The number of benzene rings is 1. The van der Waals surface area contributed by atoms with Crippen LogP contribution in [0.25, 0.3) is 0 Å². The molecular formula is C11H12N2O3. The van der Waals surface area contributed by atoms with Crippen molar-refractivity contribution in [3.8, 4) is 0 Å². The Morgan fingerprint density at radius 3 is 2.62 bits per heavy atom. The highest BCUT2D eigenvalue weighted by molar-refractivity contribution is 6.05. The lowest BCUT2D eigenvalue weighted by Crippen LogP contribution is -2.24. The maximum Gasteiger partial charge on any atom is 0.337 e. The summed E-state index contributed by atoms with van der Waals surface area (Å²) in [6, 6.07) is 4.30. The number of nitrogens with one attached hydrogen (secondary N) is 1. The molecule has 0 aromatic heterocycles. The van der Waals surface area contributed by atoms with Crippen molar-refractivity contribution in [2.24, 2.45) is 0 Å². The molecule has 16 heavy (non-hydrogen) atoms. The summed E-state index contributed by atoms with van der Waals surface area (Å²) >= 11 is 0. The Labute approximate surface area is 92.6 Å². The van der Waals surface area contributed by atoms with Crippen LogP contribution in [-0.4, -0.2) is 23.5 Å². The minimum atomic E-state index is -1.16. The third kappa shape index (κ3) is 2.38. The first-order valence-corrected chi connectivity index (χ1v) is 4.58.